The van der Waals surface area contributed by atoms with Crippen LogP contribution >= 0.6 is 0 Å². The van der Waals surface area contributed by atoms with E-state index in [1.165, 1.54) is 0 Å². The van der Waals surface area contributed by atoms with Crippen LogP contribution in [0.2, 0.25) is 0 Å². The summed E-state index contributed by atoms with van der Waals surface area (Å²) in [5, 5.41) is 15.7. The first-order valence-electron chi connectivity index (χ1n) is 6.60. The van der Waals surface area contributed by atoms with Gasteiger partial charge >= 0.3 is 0 Å². The van der Waals surface area contributed by atoms with Crippen LogP contribution in [0.25, 0.3) is 0 Å². The molecule has 1 amide bonds. The molecule has 0 saturated carbocycles. The monoisotopic (exact) mass is 264 g/mol. The molecule has 0 unspecified atom stereocenters. The van der Waals surface area contributed by atoms with Gasteiger partial charge in [0, 0.05) is 18.7 Å². The molecule has 0 bridgehead atoms. The van der Waals surface area contributed by atoms with Crippen LogP contribution in [0, 0.1) is 0 Å². The van der Waals surface area contributed by atoms with Crippen LogP contribution in [0.4, 0.5) is 0 Å². The standard InChI is InChI=1S/C13H20N4O2/c1-8(2)12-15-6-4-10(16-12)13(19)17-9-3-5-14-7-11(9)18/h4,6,8-9,11,14,18H,3,5,7H2,1-2H3,(H,17,19)/t9-,11-/m1/s1. The van der Waals surface area contributed by atoms with Crippen molar-refractivity contribution in [1.82, 2.24) is 20.6 Å². The summed E-state index contributed by atoms with van der Waals surface area (Å²) in [6.07, 6.45) is 1.76. The first kappa shape index (κ1) is 13.9. The molecule has 0 radical (unpaired) electrons. The van der Waals surface area contributed by atoms with Gasteiger partial charge in [-0.15, -0.1) is 0 Å². The van der Waals surface area contributed by atoms with Crippen molar-refractivity contribution in [2.45, 2.75) is 38.3 Å². The fourth-order valence-electron chi connectivity index (χ4n) is 2.03. The van der Waals surface area contributed by atoms with Crippen LogP contribution in [-0.4, -0.2) is 46.2 Å². The third-order valence-corrected chi connectivity index (χ3v) is 3.19. The molecular weight excluding hydrogens is 244 g/mol. The molecule has 1 fully saturated rings. The molecule has 0 aromatic carbocycles. The lowest BCUT2D eigenvalue weighted by Gasteiger charge is -2.28. The molecule has 2 rings (SSSR count). The van der Waals surface area contributed by atoms with E-state index in [1.807, 2.05) is 13.8 Å². The van der Waals surface area contributed by atoms with E-state index in [9.17, 15) is 9.90 Å². The summed E-state index contributed by atoms with van der Waals surface area (Å²) < 4.78 is 0. The molecule has 19 heavy (non-hydrogen) atoms. The Morgan fingerprint density at radius 3 is 3.05 bits per heavy atom. The molecule has 1 aromatic heterocycles. The number of nitrogens with zero attached hydrogens (tertiary/aromatic N) is 2. The molecule has 1 saturated heterocycles. The average molecular weight is 264 g/mol. The number of β-amino-alcohol motifs (C(OH)–C–C–N with tert-alkyl or cyclic N) is 1. The Balaban J connectivity index is 2.05. The predicted molar refractivity (Wildman–Crippen MR) is 70.9 cm³/mol. The van der Waals surface area contributed by atoms with Gasteiger partial charge in [-0.05, 0) is 19.0 Å². The van der Waals surface area contributed by atoms with Gasteiger partial charge in [0.15, 0.2) is 0 Å². The van der Waals surface area contributed by atoms with Gasteiger partial charge in [0.25, 0.3) is 5.91 Å². The fourth-order valence-corrected chi connectivity index (χ4v) is 2.03. The quantitative estimate of drug-likeness (QED) is 0.718. The molecule has 1 aromatic rings. The number of hydrogen-bond acceptors (Lipinski definition) is 5. The van der Waals surface area contributed by atoms with Gasteiger partial charge in [-0.3, -0.25) is 4.79 Å². The van der Waals surface area contributed by atoms with E-state index in [0.717, 1.165) is 13.0 Å². The summed E-state index contributed by atoms with van der Waals surface area (Å²) in [5.41, 5.74) is 0.351. The van der Waals surface area contributed by atoms with Gasteiger partial charge in [-0.1, -0.05) is 13.8 Å². The number of hydrogen-bond donors (Lipinski definition) is 3. The number of piperidine rings is 1. The van der Waals surface area contributed by atoms with Crippen molar-refractivity contribution in [2.24, 2.45) is 0 Å². The molecule has 2 atom stereocenters. The zero-order chi connectivity index (χ0) is 13.8. The lowest BCUT2D eigenvalue weighted by atomic mass is 10.0. The van der Waals surface area contributed by atoms with Gasteiger partial charge in [0.1, 0.15) is 11.5 Å². The molecule has 0 aliphatic carbocycles. The van der Waals surface area contributed by atoms with E-state index in [1.54, 1.807) is 12.3 Å². The van der Waals surface area contributed by atoms with Crippen LogP contribution in [0.5, 0.6) is 0 Å². The number of rotatable bonds is 3. The SMILES string of the molecule is CC(C)c1nccc(C(=O)N[C@@H]2CCNC[C@H]2O)n1. The van der Waals surface area contributed by atoms with E-state index < -0.39 is 6.10 Å². The molecule has 0 spiro atoms. The highest BCUT2D eigenvalue weighted by Gasteiger charge is 2.25. The highest BCUT2D eigenvalue weighted by atomic mass is 16.3. The molecule has 6 heteroatoms. The summed E-state index contributed by atoms with van der Waals surface area (Å²) in [6, 6.07) is 1.38. The molecule has 6 nitrogen and oxygen atoms in total. The summed E-state index contributed by atoms with van der Waals surface area (Å²) in [5.74, 6) is 0.575. The first-order valence-corrected chi connectivity index (χ1v) is 6.60. The Bertz CT molecular complexity index is 450. The number of nitrogens with one attached hydrogen (secondary N) is 2. The predicted octanol–water partition coefficient (Wildman–Crippen LogP) is 0.0526. The lowest BCUT2D eigenvalue weighted by Crippen LogP contribution is -2.52. The zero-order valence-corrected chi connectivity index (χ0v) is 11.3. The van der Waals surface area contributed by atoms with Gasteiger partial charge in [-0.25, -0.2) is 9.97 Å². The molecule has 2 heterocycles. The lowest BCUT2D eigenvalue weighted by molar-refractivity contribution is 0.0761. The third-order valence-electron chi connectivity index (χ3n) is 3.19. The van der Waals surface area contributed by atoms with Crippen LogP contribution in [0.1, 0.15) is 42.5 Å². The molecular formula is C13H20N4O2. The highest BCUT2D eigenvalue weighted by Crippen LogP contribution is 2.09. The normalized spacial score (nSPS) is 23.4. The smallest absolute Gasteiger partial charge is 0.270 e. The van der Waals surface area contributed by atoms with Gasteiger partial charge in [-0.2, -0.15) is 0 Å². The second kappa shape index (κ2) is 6.08. The number of aliphatic hydroxyl groups excluding tert-OH is 1. The van der Waals surface area contributed by atoms with E-state index >= 15 is 0 Å². The summed E-state index contributed by atoms with van der Waals surface area (Å²) in [7, 11) is 0. The van der Waals surface area contributed by atoms with E-state index in [0.29, 0.717) is 18.1 Å². The Morgan fingerprint density at radius 2 is 2.37 bits per heavy atom. The Labute approximate surface area is 112 Å². The summed E-state index contributed by atoms with van der Waals surface area (Å²) in [6.45, 7) is 5.26. The second-order valence-electron chi connectivity index (χ2n) is 5.09. The van der Waals surface area contributed by atoms with Crippen LogP contribution in [-0.2, 0) is 0 Å². The number of amides is 1. The maximum Gasteiger partial charge on any atom is 0.270 e. The number of carbonyl (C=O) groups is 1. The van der Waals surface area contributed by atoms with Gasteiger partial charge in [0.2, 0.25) is 0 Å². The van der Waals surface area contributed by atoms with Gasteiger partial charge < -0.3 is 15.7 Å². The van der Waals surface area contributed by atoms with Crippen LogP contribution < -0.4 is 10.6 Å². The summed E-state index contributed by atoms with van der Waals surface area (Å²) >= 11 is 0. The number of aliphatic hydroxyl groups is 1. The van der Waals surface area contributed by atoms with Crippen molar-refractivity contribution in [3.05, 3.63) is 23.8 Å². The number of aromatic nitrogens is 2. The second-order valence-corrected chi connectivity index (χ2v) is 5.09. The van der Waals surface area contributed by atoms with Crippen LogP contribution in [0.15, 0.2) is 12.3 Å². The van der Waals surface area contributed by atoms with Gasteiger partial charge in [0.05, 0.1) is 12.1 Å². The van der Waals surface area contributed by atoms with Crippen molar-refractivity contribution in [3.8, 4) is 0 Å². The fraction of sp³-hybridized carbons (Fsp3) is 0.615. The largest absolute Gasteiger partial charge is 0.390 e. The Morgan fingerprint density at radius 1 is 1.58 bits per heavy atom. The van der Waals surface area contributed by atoms with Crippen molar-refractivity contribution >= 4 is 5.91 Å². The molecule has 1 aliphatic heterocycles. The molecule has 104 valence electrons. The highest BCUT2D eigenvalue weighted by molar-refractivity contribution is 5.92. The number of carbonyl (C=O) groups excluding carboxylic acids is 1. The zero-order valence-electron chi connectivity index (χ0n) is 11.3. The van der Waals surface area contributed by atoms with Crippen molar-refractivity contribution in [2.75, 3.05) is 13.1 Å². The minimum absolute atomic E-state index is 0.178. The maximum atomic E-state index is 12.1. The summed E-state index contributed by atoms with van der Waals surface area (Å²) in [4.78, 5) is 20.5. The van der Waals surface area contributed by atoms with Crippen LogP contribution in [0.3, 0.4) is 0 Å². The first-order chi connectivity index (χ1) is 9.08. The minimum Gasteiger partial charge on any atom is -0.390 e. The molecule has 1 aliphatic rings. The molecule has 3 N–H and O–H groups in total. The van der Waals surface area contributed by atoms with E-state index in [-0.39, 0.29) is 17.9 Å². The van der Waals surface area contributed by atoms with E-state index in [2.05, 4.69) is 20.6 Å². The Kier molecular flexibility index (Phi) is 4.44. The van der Waals surface area contributed by atoms with Crippen molar-refractivity contribution in [1.29, 1.82) is 0 Å². The average Bonchev–Trinajstić information content (AvgIpc) is 2.41. The van der Waals surface area contributed by atoms with E-state index in [4.69, 9.17) is 0 Å². The maximum absolute atomic E-state index is 12.1. The minimum atomic E-state index is -0.552. The third kappa shape index (κ3) is 3.48. The van der Waals surface area contributed by atoms with Crippen molar-refractivity contribution < 1.29 is 9.90 Å². The Hall–Kier alpha value is -1.53. The van der Waals surface area contributed by atoms with Crippen molar-refractivity contribution in [3.63, 3.8) is 0 Å². The topological polar surface area (TPSA) is 87.1 Å².